The fraction of sp³-hybridized carbons (Fsp3) is 0.605. The molecule has 0 aliphatic heterocycles. The Balaban J connectivity index is 2.49. The van der Waals surface area contributed by atoms with Crippen molar-refractivity contribution in [3.05, 3.63) is 71.8 Å². The summed E-state index contributed by atoms with van der Waals surface area (Å²) in [6.45, 7) is 6.97. The Labute approximate surface area is 694 Å². The molecular formula is C76H125N23O16S2. The first kappa shape index (κ1) is 102. The second-order valence-corrected chi connectivity index (χ2v) is 29.1. The average Bonchev–Trinajstić information content (AvgIpc) is 0.815. The van der Waals surface area contributed by atoms with Gasteiger partial charge in [0.2, 0.25) is 70.9 Å². The molecule has 0 fully saturated rings. The lowest BCUT2D eigenvalue weighted by Gasteiger charge is -2.32. The number of hydrogen-bond acceptors (Lipinski definition) is 22. The lowest BCUT2D eigenvalue weighted by atomic mass is 9.96. The highest BCUT2D eigenvalue weighted by Gasteiger charge is 2.40. The van der Waals surface area contributed by atoms with E-state index in [-0.39, 0.29) is 120 Å². The molecule has 2 rings (SSSR count). The molecule has 0 unspecified atom stereocenters. The number of rotatable bonds is 59. The topological polar surface area (TPSA) is 657 Å². The highest BCUT2D eigenvalue weighted by atomic mass is 32.1. The molecule has 0 heterocycles. The Morgan fingerprint density at radius 2 is 0.872 bits per heavy atom. The average molecular weight is 1680 g/mol. The van der Waals surface area contributed by atoms with Crippen molar-refractivity contribution in [2.24, 2.45) is 72.7 Å². The molecule has 0 aliphatic rings. The van der Waals surface area contributed by atoms with Gasteiger partial charge < -0.3 is 114 Å². The summed E-state index contributed by atoms with van der Waals surface area (Å²) in [6.07, 6.45) is 5.97. The molecule has 0 saturated heterocycles. The molecule has 117 heavy (non-hydrogen) atoms. The summed E-state index contributed by atoms with van der Waals surface area (Å²) in [7, 11) is 0. The molecule has 0 aliphatic carbocycles. The van der Waals surface area contributed by atoms with E-state index in [2.05, 4.69) is 98.7 Å². The van der Waals surface area contributed by atoms with Crippen LogP contribution in [0.2, 0.25) is 0 Å². The number of nitrogens with two attached hydrogens (primary N) is 8. The van der Waals surface area contributed by atoms with Gasteiger partial charge in [-0.3, -0.25) is 87.0 Å². The fourth-order valence-corrected chi connectivity index (χ4v) is 12.2. The molecule has 28 N–H and O–H groups in total. The van der Waals surface area contributed by atoms with Crippen LogP contribution in [0.3, 0.4) is 0 Å². The van der Waals surface area contributed by atoms with Gasteiger partial charge in [-0.05, 0) is 87.8 Å². The minimum atomic E-state index is -1.97. The Morgan fingerprint density at radius 1 is 0.453 bits per heavy atom. The van der Waals surface area contributed by atoms with Crippen LogP contribution in [-0.4, -0.2) is 234 Å². The number of imide groups is 1. The van der Waals surface area contributed by atoms with E-state index in [4.69, 9.17) is 45.9 Å². The molecule has 0 radical (unpaired) electrons. The Bertz CT molecular complexity index is 3610. The third-order valence-electron chi connectivity index (χ3n) is 18.8. The number of carbonyl (C=O) groups excluding carboxylic acids is 14. The van der Waals surface area contributed by atoms with Crippen LogP contribution in [-0.2, 0) is 84.8 Å². The highest BCUT2D eigenvalue weighted by Crippen LogP contribution is 2.19. The Kier molecular flexibility index (Phi) is 50.2. The van der Waals surface area contributed by atoms with E-state index in [9.17, 15) is 72.2 Å². The number of thiol groups is 2. The van der Waals surface area contributed by atoms with Crippen molar-refractivity contribution in [3.63, 3.8) is 0 Å². The zero-order chi connectivity index (χ0) is 87.5. The molecule has 0 bridgehead atoms. The van der Waals surface area contributed by atoms with Crippen molar-refractivity contribution in [1.29, 1.82) is 0 Å². The maximum atomic E-state index is 15.0. The van der Waals surface area contributed by atoms with Crippen LogP contribution in [0, 0.1) is 11.8 Å². The smallest absolute Gasteiger partial charge is 0.305 e. The molecule has 41 heteroatoms. The number of aldehydes is 1. The molecule has 13 amide bonds. The van der Waals surface area contributed by atoms with Crippen molar-refractivity contribution in [1.82, 2.24) is 63.4 Å². The van der Waals surface area contributed by atoms with Crippen molar-refractivity contribution in [2.45, 2.75) is 229 Å². The number of amides is 13. The first-order valence-electron chi connectivity index (χ1n) is 39.4. The number of carboxylic acid groups (broad SMARTS) is 1. The predicted molar refractivity (Wildman–Crippen MR) is 448 cm³/mol. The Morgan fingerprint density at radius 3 is 1.33 bits per heavy atom. The molecular weight excluding hydrogens is 1560 g/mol. The maximum Gasteiger partial charge on any atom is 0.305 e. The number of unbranched alkanes of at least 4 members (excludes halogenated alkanes) is 7. The van der Waals surface area contributed by atoms with Crippen molar-refractivity contribution < 1.29 is 77.0 Å². The summed E-state index contributed by atoms with van der Waals surface area (Å²) < 4.78 is 0. The molecule has 2 aromatic carbocycles. The van der Waals surface area contributed by atoms with Gasteiger partial charge in [0.1, 0.15) is 60.7 Å². The van der Waals surface area contributed by atoms with Crippen LogP contribution in [0.15, 0.2) is 75.6 Å². The molecule has 0 saturated carbocycles. The zero-order valence-corrected chi connectivity index (χ0v) is 69.3. The van der Waals surface area contributed by atoms with E-state index in [1.165, 1.54) is 6.92 Å². The minimum absolute atomic E-state index is 0.00532. The van der Waals surface area contributed by atoms with Crippen LogP contribution < -0.4 is 104 Å². The van der Waals surface area contributed by atoms with Gasteiger partial charge in [0.15, 0.2) is 17.9 Å². The monoisotopic (exact) mass is 1680 g/mol. The number of hydrogen-bond donors (Lipinski definition) is 22. The van der Waals surface area contributed by atoms with Gasteiger partial charge in [0, 0.05) is 50.4 Å². The number of benzene rings is 2. The maximum absolute atomic E-state index is 15.0. The quantitative estimate of drug-likeness (QED) is 0.01000. The third kappa shape index (κ3) is 41.1. The number of guanidine groups is 3. The fourth-order valence-electron chi connectivity index (χ4n) is 11.8. The van der Waals surface area contributed by atoms with E-state index in [0.29, 0.717) is 36.8 Å². The van der Waals surface area contributed by atoms with E-state index < -0.39 is 181 Å². The van der Waals surface area contributed by atoms with Gasteiger partial charge >= 0.3 is 5.97 Å². The summed E-state index contributed by atoms with van der Waals surface area (Å²) >= 11 is 8.40. The summed E-state index contributed by atoms with van der Waals surface area (Å²) in [6, 6.07) is 1.15. The van der Waals surface area contributed by atoms with Crippen LogP contribution in [0.1, 0.15) is 161 Å². The summed E-state index contributed by atoms with van der Waals surface area (Å²) in [5, 5.41) is 37.9. The van der Waals surface area contributed by atoms with Crippen LogP contribution in [0.25, 0.3) is 0 Å². The molecule has 2 aromatic rings. The van der Waals surface area contributed by atoms with Crippen LogP contribution in [0.4, 0.5) is 0 Å². The van der Waals surface area contributed by atoms with E-state index >= 15 is 4.79 Å². The number of carboxylic acids is 1. The zero-order valence-electron chi connectivity index (χ0n) is 67.5. The first-order valence-corrected chi connectivity index (χ1v) is 40.6. The van der Waals surface area contributed by atoms with Gasteiger partial charge in [-0.15, -0.1) is 0 Å². The molecule has 39 nitrogen and oxygen atoms in total. The van der Waals surface area contributed by atoms with Crippen molar-refractivity contribution in [2.75, 3.05) is 50.8 Å². The molecule has 0 spiro atoms. The van der Waals surface area contributed by atoms with E-state index in [1.54, 1.807) is 88.4 Å². The number of nitrogens with zero attached hydrogens (tertiary/aromatic N) is 4. The number of carbonyl (C=O) groups is 15. The lowest BCUT2D eigenvalue weighted by Crippen LogP contribution is -2.62. The summed E-state index contributed by atoms with van der Waals surface area (Å²) in [5.74, 6) is -16.1. The largest absolute Gasteiger partial charge is 0.481 e. The molecule has 0 aromatic heterocycles. The molecule has 13 atom stereocenters. The lowest BCUT2D eigenvalue weighted by molar-refractivity contribution is -0.152. The summed E-state index contributed by atoms with van der Waals surface area (Å²) in [4.78, 5) is 221. The number of aliphatic carboxylic acids is 1. The number of aliphatic imine (C=N–C) groups is 3. The van der Waals surface area contributed by atoms with Gasteiger partial charge in [-0.2, -0.15) is 25.3 Å². The highest BCUT2D eigenvalue weighted by molar-refractivity contribution is 7.80. The van der Waals surface area contributed by atoms with Crippen LogP contribution >= 0.6 is 25.3 Å². The first-order chi connectivity index (χ1) is 55.6. The van der Waals surface area contributed by atoms with Gasteiger partial charge in [-0.25, -0.2) is 0 Å². The normalized spacial score (nSPS) is 14.3. The predicted octanol–water partition coefficient (Wildman–Crippen LogP) is -3.61. The Hall–Kier alpha value is -10.7. The van der Waals surface area contributed by atoms with Gasteiger partial charge in [-0.1, -0.05) is 140 Å². The third-order valence-corrected chi connectivity index (χ3v) is 19.6. The number of nitrogens with one attached hydrogen (secondary N) is 11. The SMILES string of the molecule is CC[C@H](C)[C@H](NC(=O)[C@H](CCCN=C(N)N)NC(=O)CNC(=O)CNC(=O)[C@H](Cc1ccccc1)NC(=O)[C@@H](C)NC(=O)[C@@H](N)CS)C(=O)N[C@@H](CC(=O)O)C(=O)N[C@@H](CCCN=C(N)N)C(=O)N[C@H](C(=O)N[C@@H](CS)C(=O)N[C@@H](Cc1ccccc1)C(=O)N(C(=O)CCCCCCCCCCN)[C@H](C=O)CCCN=C(N)N)[C@@H](C)CC. The second-order valence-electron chi connectivity index (χ2n) is 28.4. The van der Waals surface area contributed by atoms with E-state index in [0.717, 1.165) is 43.4 Å². The van der Waals surface area contributed by atoms with Gasteiger partial charge in [0.25, 0.3) is 5.91 Å². The molecule has 652 valence electrons. The van der Waals surface area contributed by atoms with E-state index in [1.807, 2.05) is 0 Å². The van der Waals surface area contributed by atoms with Crippen molar-refractivity contribution >= 4 is 132 Å². The second kappa shape index (κ2) is 57.4. The van der Waals surface area contributed by atoms with Crippen molar-refractivity contribution in [3.8, 4) is 0 Å². The summed E-state index contributed by atoms with van der Waals surface area (Å²) in [5.41, 5.74) is 45.9. The standard InChI is InChI=1S/C76H125N23O16S2/c1-6-45(3)62(97-67(109)52(30-23-35-86-75(81)82)91-59(102)41-88-58(101)40-89-66(108)54(37-48-25-16-14-17-26-48)93-64(106)47(5)90-65(107)51(78)43-116)71(113)94-55(39-61(104)105)69(111)92-53(31-24-36-87-76(83)84)68(110)98-63(46(4)7-2)72(114)96-57(44-117)70(112)95-56(38-49-27-18-15-19-28-49)73(115)99(50(42-100)29-22-34-85-74(79)80)60(103)32-20-12-10-8-9-11-13-21-33-77/h14-19,25-28,42,45-47,50-57,62-63,116-117H,6-13,20-24,29-41,43-44,77-78H2,1-5H3,(H,88,101)(H,89,108)(H,90,107)(H,91,102)(H,92,111)(H,93,106)(H,94,113)(H,95,112)(H,96,114)(H,97,109)(H,98,110)(H,104,105)(H4,79,80,85)(H4,81,82,86)(H4,83,84,87)/t45-,46-,47+,50-,51-,52-,53-,54-,55-,56-,57-,62-,63-/m0/s1. The van der Waals surface area contributed by atoms with Gasteiger partial charge in [0.05, 0.1) is 31.6 Å². The minimum Gasteiger partial charge on any atom is -0.481 e. The van der Waals surface area contributed by atoms with Crippen LogP contribution in [0.5, 0.6) is 0 Å².